The van der Waals surface area contributed by atoms with Gasteiger partial charge in [-0.15, -0.1) is 11.8 Å². The monoisotopic (exact) mass is 330 g/mol. The molecule has 110 valence electrons. The lowest BCUT2D eigenvalue weighted by Gasteiger charge is -2.11. The molecule has 0 radical (unpaired) electrons. The highest BCUT2D eigenvalue weighted by molar-refractivity contribution is 8.13. The van der Waals surface area contributed by atoms with Crippen LogP contribution in [0.5, 0.6) is 0 Å². The third-order valence-electron chi connectivity index (χ3n) is 2.59. The molecule has 2 rings (SSSR count). The Morgan fingerprint density at radius 3 is 2.62 bits per heavy atom. The van der Waals surface area contributed by atoms with Crippen LogP contribution in [0.15, 0.2) is 47.7 Å². The third kappa shape index (κ3) is 3.98. The fourth-order valence-corrected chi connectivity index (χ4v) is 2.38. The van der Waals surface area contributed by atoms with Crippen LogP contribution in [0.2, 0.25) is 5.02 Å². The van der Waals surface area contributed by atoms with Gasteiger partial charge in [-0.1, -0.05) is 11.6 Å². The van der Waals surface area contributed by atoms with Gasteiger partial charge in [-0.3, -0.25) is 4.98 Å². The molecule has 0 aliphatic heterocycles. The molecular weight excluding hydrogens is 321 g/mol. The van der Waals surface area contributed by atoms with Gasteiger partial charge in [0.15, 0.2) is 0 Å². The first-order valence-corrected chi connectivity index (χ1v) is 7.42. The average Bonchev–Trinajstić information content (AvgIpc) is 2.46. The topological polar surface area (TPSA) is 25.2 Å². The largest absolute Gasteiger partial charge is 0.418 e. The first kappa shape index (κ1) is 15.9. The Morgan fingerprint density at radius 2 is 2.05 bits per heavy atom. The first-order valence-electron chi connectivity index (χ1n) is 5.81. The second-order valence-electron chi connectivity index (χ2n) is 4.02. The van der Waals surface area contributed by atoms with E-state index in [0.29, 0.717) is 10.6 Å². The van der Waals surface area contributed by atoms with Crippen LogP contribution in [-0.2, 0) is 6.18 Å². The number of alkyl halides is 3. The number of rotatable bonds is 2. The van der Waals surface area contributed by atoms with Crippen molar-refractivity contribution >= 4 is 34.1 Å². The zero-order valence-electron chi connectivity index (χ0n) is 10.9. The summed E-state index contributed by atoms with van der Waals surface area (Å²) < 4.78 is 39.1. The molecule has 0 fully saturated rings. The Morgan fingerprint density at radius 1 is 1.29 bits per heavy atom. The van der Waals surface area contributed by atoms with Crippen LogP contribution in [0.1, 0.15) is 11.1 Å². The fraction of sp³-hybridized carbons (Fsp3) is 0.143. The van der Waals surface area contributed by atoms with E-state index in [1.807, 2.05) is 0 Å². The van der Waals surface area contributed by atoms with Gasteiger partial charge < -0.3 is 0 Å². The van der Waals surface area contributed by atoms with E-state index < -0.39 is 11.7 Å². The number of hydrogen-bond donors (Lipinski definition) is 0. The molecular formula is C14H10ClF3N2S. The van der Waals surface area contributed by atoms with Gasteiger partial charge in [0.25, 0.3) is 0 Å². The van der Waals surface area contributed by atoms with E-state index in [9.17, 15) is 13.2 Å². The molecule has 0 atom stereocenters. The summed E-state index contributed by atoms with van der Waals surface area (Å²) in [7, 11) is 0. The summed E-state index contributed by atoms with van der Waals surface area (Å²) in [5.41, 5.74) is -0.362. The molecule has 1 heterocycles. The molecule has 21 heavy (non-hydrogen) atoms. The van der Waals surface area contributed by atoms with Gasteiger partial charge in [-0.25, -0.2) is 4.99 Å². The van der Waals surface area contributed by atoms with Crippen molar-refractivity contribution in [1.82, 2.24) is 4.98 Å². The average molecular weight is 331 g/mol. The van der Waals surface area contributed by atoms with Crippen molar-refractivity contribution in [1.29, 1.82) is 0 Å². The van der Waals surface area contributed by atoms with Gasteiger partial charge in [0.1, 0.15) is 5.04 Å². The second-order valence-corrected chi connectivity index (χ2v) is 5.25. The Kier molecular flexibility index (Phi) is 4.90. The third-order valence-corrected chi connectivity index (χ3v) is 3.54. The van der Waals surface area contributed by atoms with Crippen LogP contribution in [0.25, 0.3) is 0 Å². The fourth-order valence-electron chi connectivity index (χ4n) is 1.66. The molecule has 0 saturated heterocycles. The van der Waals surface area contributed by atoms with Gasteiger partial charge in [-0.05, 0) is 36.6 Å². The van der Waals surface area contributed by atoms with E-state index in [0.717, 1.165) is 6.07 Å². The van der Waals surface area contributed by atoms with Crippen LogP contribution in [-0.4, -0.2) is 16.3 Å². The summed E-state index contributed by atoms with van der Waals surface area (Å²) in [5.74, 6) is 0. The normalized spacial score (nSPS) is 12.5. The summed E-state index contributed by atoms with van der Waals surface area (Å²) in [5, 5.41) is 0.476. The summed E-state index contributed by atoms with van der Waals surface area (Å²) >= 11 is 6.90. The minimum atomic E-state index is -4.51. The van der Waals surface area contributed by atoms with Crippen LogP contribution in [0, 0.1) is 0 Å². The Balaban J connectivity index is 2.53. The Hall–Kier alpha value is -1.53. The SMILES string of the molecule is CSC(=Nc1ccc(Cl)cc1C(F)(F)F)c1cccnc1. The maximum Gasteiger partial charge on any atom is 0.418 e. The Bertz CT molecular complexity index is 657. The number of aromatic nitrogens is 1. The number of benzene rings is 1. The minimum Gasteiger partial charge on any atom is -0.264 e. The zero-order valence-corrected chi connectivity index (χ0v) is 12.4. The van der Waals surface area contributed by atoms with Crippen LogP contribution in [0.4, 0.5) is 18.9 Å². The molecule has 1 aromatic heterocycles. The number of hydrogen-bond acceptors (Lipinski definition) is 3. The highest BCUT2D eigenvalue weighted by atomic mass is 35.5. The molecule has 0 amide bonds. The molecule has 2 nitrogen and oxygen atoms in total. The highest BCUT2D eigenvalue weighted by Gasteiger charge is 2.34. The second kappa shape index (κ2) is 6.49. The van der Waals surface area contributed by atoms with E-state index >= 15 is 0 Å². The van der Waals surface area contributed by atoms with Gasteiger partial charge >= 0.3 is 6.18 Å². The molecule has 0 aliphatic carbocycles. The molecule has 0 N–H and O–H groups in total. The van der Waals surface area contributed by atoms with Crippen molar-refractivity contribution in [2.75, 3.05) is 6.26 Å². The maximum atomic E-state index is 13.0. The lowest BCUT2D eigenvalue weighted by atomic mass is 10.1. The predicted octanol–water partition coefficient (Wildman–Crippen LogP) is 5.20. The summed E-state index contributed by atoms with van der Waals surface area (Å²) in [4.78, 5) is 8.06. The van der Waals surface area contributed by atoms with Crippen molar-refractivity contribution in [3.8, 4) is 0 Å². The molecule has 0 spiro atoms. The molecule has 1 aromatic carbocycles. The van der Waals surface area contributed by atoms with E-state index in [2.05, 4.69) is 9.98 Å². The standard InChI is InChI=1S/C14H10ClF3N2S/c1-21-13(9-3-2-6-19-8-9)20-12-5-4-10(15)7-11(12)14(16,17)18/h2-8H,1H3. The molecule has 0 saturated carbocycles. The van der Waals surface area contributed by atoms with Gasteiger partial charge in [0.2, 0.25) is 0 Å². The predicted molar refractivity (Wildman–Crippen MR) is 80.4 cm³/mol. The van der Waals surface area contributed by atoms with E-state index in [1.165, 1.54) is 23.9 Å². The number of halogens is 4. The zero-order chi connectivity index (χ0) is 15.5. The van der Waals surface area contributed by atoms with Crippen molar-refractivity contribution in [3.05, 3.63) is 58.9 Å². The van der Waals surface area contributed by atoms with Crippen LogP contribution >= 0.6 is 23.4 Å². The smallest absolute Gasteiger partial charge is 0.264 e. The number of nitrogens with zero attached hydrogens (tertiary/aromatic N) is 2. The minimum absolute atomic E-state index is 0.0216. The molecule has 2 aromatic rings. The lowest BCUT2D eigenvalue weighted by molar-refractivity contribution is -0.137. The van der Waals surface area contributed by atoms with Crippen molar-refractivity contribution in [2.24, 2.45) is 4.99 Å². The van der Waals surface area contributed by atoms with Crippen molar-refractivity contribution in [3.63, 3.8) is 0 Å². The lowest BCUT2D eigenvalue weighted by Crippen LogP contribution is -2.06. The number of pyridine rings is 1. The molecule has 0 bridgehead atoms. The van der Waals surface area contributed by atoms with E-state index in [4.69, 9.17) is 11.6 Å². The van der Waals surface area contributed by atoms with Gasteiger partial charge in [0.05, 0.1) is 11.3 Å². The summed E-state index contributed by atoms with van der Waals surface area (Å²) in [6.45, 7) is 0. The van der Waals surface area contributed by atoms with Gasteiger partial charge in [0, 0.05) is 23.0 Å². The number of thioether (sulfide) groups is 1. The van der Waals surface area contributed by atoms with Gasteiger partial charge in [-0.2, -0.15) is 13.2 Å². The molecule has 0 unspecified atom stereocenters. The first-order chi connectivity index (χ1) is 9.91. The molecule has 0 aliphatic rings. The quantitative estimate of drug-likeness (QED) is 0.559. The van der Waals surface area contributed by atoms with Crippen molar-refractivity contribution in [2.45, 2.75) is 6.18 Å². The highest BCUT2D eigenvalue weighted by Crippen LogP contribution is 2.38. The van der Waals surface area contributed by atoms with Crippen molar-refractivity contribution < 1.29 is 13.2 Å². The summed E-state index contributed by atoms with van der Waals surface area (Å²) in [6, 6.07) is 6.97. The van der Waals surface area contributed by atoms with Crippen LogP contribution < -0.4 is 0 Å². The summed E-state index contributed by atoms with van der Waals surface area (Å²) in [6.07, 6.45) is 0.376. The Labute approximate surface area is 129 Å². The van der Waals surface area contributed by atoms with E-state index in [1.54, 1.807) is 30.8 Å². The van der Waals surface area contributed by atoms with E-state index in [-0.39, 0.29) is 10.7 Å². The maximum absolute atomic E-state index is 13.0. The molecule has 7 heteroatoms. The number of aliphatic imine (C=N–C) groups is 1. The van der Waals surface area contributed by atoms with Crippen LogP contribution in [0.3, 0.4) is 0 Å².